The third-order valence-electron chi connectivity index (χ3n) is 3.56. The minimum atomic E-state index is -0.480. The molecule has 1 aliphatic carbocycles. The van der Waals surface area contributed by atoms with Crippen LogP contribution in [0.2, 0.25) is 0 Å². The van der Waals surface area contributed by atoms with Crippen LogP contribution in [0.5, 0.6) is 0 Å². The molecule has 0 radical (unpaired) electrons. The highest BCUT2D eigenvalue weighted by atomic mass is 16.2. The summed E-state index contributed by atoms with van der Waals surface area (Å²) in [5, 5.41) is 6.21. The number of nitrogens with one attached hydrogen (secondary N) is 2. The summed E-state index contributed by atoms with van der Waals surface area (Å²) in [7, 11) is 2.14. The van der Waals surface area contributed by atoms with E-state index in [-0.39, 0.29) is 5.91 Å². The number of carbonyl (C=O) groups is 1. The molecule has 1 fully saturated rings. The average Bonchev–Trinajstić information content (AvgIpc) is 3.07. The van der Waals surface area contributed by atoms with Gasteiger partial charge in [0, 0.05) is 18.6 Å². The SMILES string of the molecule is CCNC(C)(C)C(=O)NCC(C)N(C)C1CC1. The fraction of sp³-hybridized carbons (Fsp3) is 0.923. The number of hydrogen-bond donors (Lipinski definition) is 2. The van der Waals surface area contributed by atoms with Crippen LogP contribution in [-0.2, 0) is 4.79 Å². The minimum absolute atomic E-state index is 0.0791. The molecular formula is C13H27N3O. The van der Waals surface area contributed by atoms with E-state index >= 15 is 0 Å². The van der Waals surface area contributed by atoms with E-state index < -0.39 is 5.54 Å². The van der Waals surface area contributed by atoms with E-state index in [9.17, 15) is 4.79 Å². The first kappa shape index (κ1) is 14.5. The van der Waals surface area contributed by atoms with Gasteiger partial charge in [-0.05, 0) is 47.2 Å². The van der Waals surface area contributed by atoms with Crippen LogP contribution < -0.4 is 10.6 Å². The standard InChI is InChI=1S/C13H27N3O/c1-6-15-13(3,4)12(17)14-9-10(2)16(5)11-7-8-11/h10-11,15H,6-9H2,1-5H3,(H,14,17). The van der Waals surface area contributed by atoms with Crippen molar-refractivity contribution in [2.45, 2.75) is 58.2 Å². The third kappa shape index (κ3) is 4.28. The van der Waals surface area contributed by atoms with Crippen LogP contribution in [-0.4, -0.2) is 48.6 Å². The lowest BCUT2D eigenvalue weighted by molar-refractivity contribution is -0.126. The summed E-state index contributed by atoms with van der Waals surface area (Å²) in [5.74, 6) is 0.0791. The number of carbonyl (C=O) groups excluding carboxylic acids is 1. The van der Waals surface area contributed by atoms with Gasteiger partial charge in [0.05, 0.1) is 5.54 Å². The highest BCUT2D eigenvalue weighted by Crippen LogP contribution is 2.26. The molecule has 1 amide bonds. The zero-order valence-electron chi connectivity index (χ0n) is 11.8. The van der Waals surface area contributed by atoms with Gasteiger partial charge >= 0.3 is 0 Å². The fourth-order valence-corrected chi connectivity index (χ4v) is 1.97. The maximum atomic E-state index is 12.0. The molecule has 0 heterocycles. The van der Waals surface area contributed by atoms with Crippen molar-refractivity contribution in [3.05, 3.63) is 0 Å². The molecule has 1 saturated carbocycles. The van der Waals surface area contributed by atoms with Gasteiger partial charge in [0.15, 0.2) is 0 Å². The van der Waals surface area contributed by atoms with Crippen molar-refractivity contribution >= 4 is 5.91 Å². The molecule has 0 bridgehead atoms. The second kappa shape index (κ2) is 5.83. The van der Waals surface area contributed by atoms with Gasteiger partial charge in [0.25, 0.3) is 0 Å². The van der Waals surface area contributed by atoms with Crippen LogP contribution in [0, 0.1) is 0 Å². The number of nitrogens with zero attached hydrogens (tertiary/aromatic N) is 1. The van der Waals surface area contributed by atoms with Crippen molar-refractivity contribution in [2.24, 2.45) is 0 Å². The molecule has 0 aromatic carbocycles. The molecule has 0 spiro atoms. The van der Waals surface area contributed by atoms with Crippen molar-refractivity contribution < 1.29 is 4.79 Å². The maximum Gasteiger partial charge on any atom is 0.239 e. The molecule has 1 atom stereocenters. The van der Waals surface area contributed by atoms with Crippen molar-refractivity contribution in [3.63, 3.8) is 0 Å². The predicted octanol–water partition coefficient (Wildman–Crippen LogP) is 0.973. The molecule has 0 aromatic rings. The van der Waals surface area contributed by atoms with E-state index in [1.807, 2.05) is 20.8 Å². The van der Waals surface area contributed by atoms with E-state index in [0.717, 1.165) is 19.1 Å². The van der Waals surface area contributed by atoms with Crippen LogP contribution in [0.1, 0.15) is 40.5 Å². The highest BCUT2D eigenvalue weighted by Gasteiger charge is 2.30. The molecule has 0 aliphatic heterocycles. The zero-order chi connectivity index (χ0) is 13.1. The molecule has 1 unspecified atom stereocenters. The van der Waals surface area contributed by atoms with Crippen LogP contribution >= 0.6 is 0 Å². The second-order valence-corrected chi connectivity index (χ2v) is 5.61. The Balaban J connectivity index is 2.31. The lowest BCUT2D eigenvalue weighted by atomic mass is 10.0. The van der Waals surface area contributed by atoms with E-state index in [1.165, 1.54) is 12.8 Å². The Hall–Kier alpha value is -0.610. The summed E-state index contributed by atoms with van der Waals surface area (Å²) < 4.78 is 0. The van der Waals surface area contributed by atoms with Gasteiger partial charge in [0.2, 0.25) is 5.91 Å². The highest BCUT2D eigenvalue weighted by molar-refractivity contribution is 5.85. The molecule has 100 valence electrons. The van der Waals surface area contributed by atoms with E-state index in [1.54, 1.807) is 0 Å². The first-order valence-electron chi connectivity index (χ1n) is 6.63. The Morgan fingerprint density at radius 1 is 1.47 bits per heavy atom. The number of likely N-dealkylation sites (N-methyl/N-ethyl adjacent to an activating group) is 2. The van der Waals surface area contributed by atoms with Crippen LogP contribution in [0.4, 0.5) is 0 Å². The first-order valence-corrected chi connectivity index (χ1v) is 6.63. The Labute approximate surface area is 105 Å². The van der Waals surface area contributed by atoms with Crippen LogP contribution in [0.25, 0.3) is 0 Å². The smallest absolute Gasteiger partial charge is 0.239 e. The number of hydrogen-bond acceptors (Lipinski definition) is 3. The lowest BCUT2D eigenvalue weighted by Crippen LogP contribution is -2.54. The second-order valence-electron chi connectivity index (χ2n) is 5.61. The van der Waals surface area contributed by atoms with Crippen molar-refractivity contribution in [2.75, 3.05) is 20.1 Å². The molecular weight excluding hydrogens is 214 g/mol. The monoisotopic (exact) mass is 241 g/mol. The molecule has 2 N–H and O–H groups in total. The molecule has 4 nitrogen and oxygen atoms in total. The van der Waals surface area contributed by atoms with E-state index in [4.69, 9.17) is 0 Å². The van der Waals surface area contributed by atoms with Gasteiger partial charge in [-0.3, -0.25) is 9.69 Å². The fourth-order valence-electron chi connectivity index (χ4n) is 1.97. The van der Waals surface area contributed by atoms with Gasteiger partial charge in [-0.2, -0.15) is 0 Å². The van der Waals surface area contributed by atoms with E-state index in [2.05, 4.69) is 29.5 Å². The summed E-state index contributed by atoms with van der Waals surface area (Å²) in [4.78, 5) is 14.3. The van der Waals surface area contributed by atoms with Gasteiger partial charge in [-0.25, -0.2) is 0 Å². The lowest BCUT2D eigenvalue weighted by Gasteiger charge is -2.28. The predicted molar refractivity (Wildman–Crippen MR) is 71.0 cm³/mol. The maximum absolute atomic E-state index is 12.0. The summed E-state index contributed by atoms with van der Waals surface area (Å²) >= 11 is 0. The molecule has 0 aromatic heterocycles. The Kier molecular flexibility index (Phi) is 4.95. The average molecular weight is 241 g/mol. The Bertz CT molecular complexity index is 261. The van der Waals surface area contributed by atoms with Gasteiger partial charge < -0.3 is 10.6 Å². The molecule has 1 rings (SSSR count). The summed E-state index contributed by atoms with van der Waals surface area (Å²) in [6.07, 6.45) is 2.61. The topological polar surface area (TPSA) is 44.4 Å². The molecule has 17 heavy (non-hydrogen) atoms. The van der Waals surface area contributed by atoms with Crippen molar-refractivity contribution in [1.82, 2.24) is 15.5 Å². The minimum Gasteiger partial charge on any atom is -0.353 e. The van der Waals surface area contributed by atoms with E-state index in [0.29, 0.717) is 6.04 Å². The molecule has 4 heteroatoms. The van der Waals surface area contributed by atoms with Gasteiger partial charge in [0.1, 0.15) is 0 Å². The number of rotatable bonds is 7. The Morgan fingerprint density at radius 3 is 2.53 bits per heavy atom. The van der Waals surface area contributed by atoms with Crippen molar-refractivity contribution in [1.29, 1.82) is 0 Å². The quantitative estimate of drug-likeness (QED) is 0.698. The summed E-state index contributed by atoms with van der Waals surface area (Å²) in [6, 6.07) is 1.15. The first-order chi connectivity index (χ1) is 7.88. The van der Waals surface area contributed by atoms with Gasteiger partial charge in [-0.1, -0.05) is 6.92 Å². The summed E-state index contributed by atoms with van der Waals surface area (Å²) in [6.45, 7) is 9.54. The largest absolute Gasteiger partial charge is 0.353 e. The van der Waals surface area contributed by atoms with Crippen LogP contribution in [0.15, 0.2) is 0 Å². The van der Waals surface area contributed by atoms with Crippen molar-refractivity contribution in [3.8, 4) is 0 Å². The number of amides is 1. The summed E-state index contributed by atoms with van der Waals surface area (Å²) in [5.41, 5.74) is -0.480. The van der Waals surface area contributed by atoms with Gasteiger partial charge in [-0.15, -0.1) is 0 Å². The normalized spacial score (nSPS) is 18.2. The molecule has 1 aliphatic rings. The zero-order valence-corrected chi connectivity index (χ0v) is 11.8. The van der Waals surface area contributed by atoms with Crippen LogP contribution in [0.3, 0.4) is 0 Å². The molecule has 0 saturated heterocycles. The Morgan fingerprint density at radius 2 is 2.06 bits per heavy atom. The third-order valence-corrected chi connectivity index (χ3v) is 3.56.